The predicted molar refractivity (Wildman–Crippen MR) is 70.5 cm³/mol. The van der Waals surface area contributed by atoms with Gasteiger partial charge in [0.2, 0.25) is 10.0 Å². The van der Waals surface area contributed by atoms with Crippen LogP contribution in [0.3, 0.4) is 0 Å². The second-order valence-corrected chi connectivity index (χ2v) is 6.46. The van der Waals surface area contributed by atoms with Crippen molar-refractivity contribution in [3.8, 4) is 0 Å². The molecule has 0 unspecified atom stereocenters. The summed E-state index contributed by atoms with van der Waals surface area (Å²) in [5.74, 6) is -2.50. The van der Waals surface area contributed by atoms with E-state index in [4.69, 9.17) is 4.42 Å². The van der Waals surface area contributed by atoms with Gasteiger partial charge in [-0.2, -0.15) is 0 Å². The topological polar surface area (TPSA) is 103 Å². The smallest absolute Gasteiger partial charge is 0.309 e. The molecule has 2 atom stereocenters. The van der Waals surface area contributed by atoms with Crippen molar-refractivity contribution in [1.82, 2.24) is 4.72 Å². The van der Waals surface area contributed by atoms with Gasteiger partial charge >= 0.3 is 11.9 Å². The molecule has 0 aliphatic rings. The van der Waals surface area contributed by atoms with Crippen LogP contribution in [0.15, 0.2) is 16.7 Å². The van der Waals surface area contributed by atoms with E-state index in [2.05, 4.69) is 4.74 Å². The van der Waals surface area contributed by atoms with Crippen LogP contribution >= 0.6 is 0 Å². The van der Waals surface area contributed by atoms with Crippen molar-refractivity contribution >= 4 is 21.9 Å². The van der Waals surface area contributed by atoms with Gasteiger partial charge in [0.25, 0.3) is 0 Å². The second-order valence-electron chi connectivity index (χ2n) is 4.43. The zero-order valence-corrected chi connectivity index (χ0v) is 12.5. The molecule has 0 fully saturated rings. The molecule has 0 saturated heterocycles. The molecule has 0 spiro atoms. The molecule has 1 rings (SSSR count). The zero-order valence-electron chi connectivity index (χ0n) is 11.7. The highest BCUT2D eigenvalue weighted by molar-refractivity contribution is 7.90. The number of carbonyl (C=O) groups excluding carboxylic acids is 2. The van der Waals surface area contributed by atoms with Gasteiger partial charge in [0.1, 0.15) is 0 Å². The van der Waals surface area contributed by atoms with Crippen molar-refractivity contribution in [1.29, 1.82) is 0 Å². The standard InChI is InChI=1S/C12H17NO6S/c1-7-5-6-19-10(7)11(14)13-20(16,17)9(3)8(2)12(15)18-4/h5-6,8-9H,1-4H3,(H,13,14)/t8-,9-/m1/s1. The van der Waals surface area contributed by atoms with E-state index in [1.165, 1.54) is 27.2 Å². The number of amides is 1. The summed E-state index contributed by atoms with van der Waals surface area (Å²) in [5, 5.41) is -1.12. The van der Waals surface area contributed by atoms with Crippen LogP contribution in [-0.2, 0) is 19.6 Å². The molecule has 7 nitrogen and oxygen atoms in total. The molecule has 0 aliphatic carbocycles. The zero-order chi connectivity index (χ0) is 15.5. The Hall–Kier alpha value is -1.83. The molecular formula is C12H17NO6S. The summed E-state index contributed by atoms with van der Waals surface area (Å²) in [5.41, 5.74) is 0.520. The molecule has 20 heavy (non-hydrogen) atoms. The van der Waals surface area contributed by atoms with E-state index < -0.39 is 33.1 Å². The van der Waals surface area contributed by atoms with Crippen molar-refractivity contribution in [2.24, 2.45) is 5.92 Å². The summed E-state index contributed by atoms with van der Waals surface area (Å²) in [4.78, 5) is 23.2. The Morgan fingerprint density at radius 1 is 1.35 bits per heavy atom. The summed E-state index contributed by atoms with van der Waals surface area (Å²) >= 11 is 0. The van der Waals surface area contributed by atoms with Gasteiger partial charge in [0, 0.05) is 5.56 Å². The Kier molecular flexibility index (Phi) is 4.93. The molecule has 1 N–H and O–H groups in total. The molecule has 1 heterocycles. The molecule has 0 bridgehead atoms. The van der Waals surface area contributed by atoms with Crippen LogP contribution < -0.4 is 4.72 Å². The lowest BCUT2D eigenvalue weighted by Gasteiger charge is -2.18. The van der Waals surface area contributed by atoms with Crippen molar-refractivity contribution in [3.63, 3.8) is 0 Å². The fraction of sp³-hybridized carbons (Fsp3) is 0.500. The normalized spacial score (nSPS) is 14.4. The average molecular weight is 303 g/mol. The number of ether oxygens (including phenoxy) is 1. The third kappa shape index (κ3) is 3.38. The number of carbonyl (C=O) groups is 2. The number of nitrogens with one attached hydrogen (secondary N) is 1. The molecule has 0 saturated carbocycles. The van der Waals surface area contributed by atoms with Crippen molar-refractivity contribution in [3.05, 3.63) is 23.7 Å². The lowest BCUT2D eigenvalue weighted by Crippen LogP contribution is -2.42. The van der Waals surface area contributed by atoms with Crippen LogP contribution in [0, 0.1) is 12.8 Å². The lowest BCUT2D eigenvalue weighted by atomic mass is 10.1. The monoisotopic (exact) mass is 303 g/mol. The first-order valence-electron chi connectivity index (χ1n) is 5.88. The van der Waals surface area contributed by atoms with Crippen LogP contribution in [0.1, 0.15) is 30.0 Å². The van der Waals surface area contributed by atoms with Gasteiger partial charge in [0.15, 0.2) is 5.76 Å². The highest BCUT2D eigenvalue weighted by atomic mass is 32.2. The minimum atomic E-state index is -4.02. The van der Waals surface area contributed by atoms with Gasteiger partial charge in [-0.3, -0.25) is 9.59 Å². The minimum absolute atomic E-state index is 0.0773. The first-order chi connectivity index (χ1) is 9.20. The minimum Gasteiger partial charge on any atom is -0.469 e. The van der Waals surface area contributed by atoms with Gasteiger partial charge in [-0.25, -0.2) is 13.1 Å². The van der Waals surface area contributed by atoms with Crippen LogP contribution in [0.2, 0.25) is 0 Å². The first-order valence-corrected chi connectivity index (χ1v) is 7.43. The first kappa shape index (κ1) is 16.2. The highest BCUT2D eigenvalue weighted by Crippen LogP contribution is 2.15. The van der Waals surface area contributed by atoms with Crippen LogP contribution in [0.5, 0.6) is 0 Å². The summed E-state index contributed by atoms with van der Waals surface area (Å²) in [6, 6.07) is 1.54. The van der Waals surface area contributed by atoms with Crippen molar-refractivity contribution < 1.29 is 27.2 Å². The third-order valence-electron chi connectivity index (χ3n) is 3.07. The van der Waals surface area contributed by atoms with Gasteiger partial charge in [-0.15, -0.1) is 0 Å². The second kappa shape index (κ2) is 6.08. The van der Waals surface area contributed by atoms with E-state index in [1.54, 1.807) is 13.0 Å². The van der Waals surface area contributed by atoms with Gasteiger partial charge < -0.3 is 9.15 Å². The number of hydrogen-bond donors (Lipinski definition) is 1. The molecule has 1 aromatic rings. The van der Waals surface area contributed by atoms with Crippen LogP contribution in [-0.4, -0.2) is 32.7 Å². The van der Waals surface area contributed by atoms with Crippen LogP contribution in [0.25, 0.3) is 0 Å². The SMILES string of the molecule is COC(=O)[C@H](C)[C@@H](C)S(=O)(=O)NC(=O)c1occc1C. The number of esters is 1. The van der Waals surface area contributed by atoms with Crippen molar-refractivity contribution in [2.45, 2.75) is 26.0 Å². The highest BCUT2D eigenvalue weighted by Gasteiger charge is 2.33. The fourth-order valence-electron chi connectivity index (χ4n) is 1.52. The molecule has 8 heteroatoms. The van der Waals surface area contributed by atoms with E-state index in [9.17, 15) is 18.0 Å². The van der Waals surface area contributed by atoms with Gasteiger partial charge in [-0.1, -0.05) is 6.92 Å². The Morgan fingerprint density at radius 2 is 1.95 bits per heavy atom. The van der Waals surface area contributed by atoms with E-state index in [0.29, 0.717) is 5.56 Å². The van der Waals surface area contributed by atoms with Gasteiger partial charge in [-0.05, 0) is 19.9 Å². The Bertz CT molecular complexity index is 603. The molecule has 1 aromatic heterocycles. The molecule has 0 aliphatic heterocycles. The number of aryl methyl sites for hydroxylation is 1. The number of methoxy groups -OCH3 is 1. The summed E-state index contributed by atoms with van der Waals surface area (Å²) in [6.45, 7) is 4.36. The maximum absolute atomic E-state index is 12.0. The lowest BCUT2D eigenvalue weighted by molar-refractivity contribution is -0.144. The van der Waals surface area contributed by atoms with E-state index in [0.717, 1.165) is 0 Å². The Balaban J connectivity index is 2.88. The number of rotatable bonds is 5. The van der Waals surface area contributed by atoms with E-state index in [1.807, 2.05) is 4.72 Å². The molecule has 1 amide bonds. The quantitative estimate of drug-likeness (QED) is 0.809. The predicted octanol–water partition coefficient (Wildman–Crippen LogP) is 0.845. The van der Waals surface area contributed by atoms with Gasteiger partial charge in [0.05, 0.1) is 24.5 Å². The largest absolute Gasteiger partial charge is 0.469 e. The molecule has 0 aromatic carbocycles. The average Bonchev–Trinajstić information content (AvgIpc) is 2.81. The maximum atomic E-state index is 12.0. The summed E-state index contributed by atoms with van der Waals surface area (Å²) in [7, 11) is -2.85. The third-order valence-corrected chi connectivity index (χ3v) is 4.93. The van der Waals surface area contributed by atoms with E-state index in [-0.39, 0.29) is 5.76 Å². The molecule has 112 valence electrons. The molecular weight excluding hydrogens is 286 g/mol. The molecule has 0 radical (unpaired) electrons. The number of furan rings is 1. The van der Waals surface area contributed by atoms with E-state index >= 15 is 0 Å². The van der Waals surface area contributed by atoms with Crippen molar-refractivity contribution in [2.75, 3.05) is 7.11 Å². The summed E-state index contributed by atoms with van der Waals surface area (Å²) in [6.07, 6.45) is 1.29. The fourth-order valence-corrected chi connectivity index (χ4v) is 2.71. The Morgan fingerprint density at radius 3 is 2.40 bits per heavy atom. The van der Waals surface area contributed by atoms with Crippen LogP contribution in [0.4, 0.5) is 0 Å². The summed E-state index contributed by atoms with van der Waals surface area (Å²) < 4.78 is 35.3. The maximum Gasteiger partial charge on any atom is 0.309 e. The Labute approximate surface area is 117 Å². The number of sulfonamides is 1. The number of hydrogen-bond acceptors (Lipinski definition) is 6.